The third kappa shape index (κ3) is 4.39. The molecule has 1 aromatic rings. The summed E-state index contributed by atoms with van der Waals surface area (Å²) in [5, 5.41) is 0. The highest BCUT2D eigenvalue weighted by Gasteiger charge is 2.04. The lowest BCUT2D eigenvalue weighted by Gasteiger charge is -2.17. The first-order chi connectivity index (χ1) is 7.67. The van der Waals surface area contributed by atoms with Crippen LogP contribution in [0.1, 0.15) is 13.8 Å². The first kappa shape index (κ1) is 13.9. The monoisotopic (exact) mass is 350 g/mol. The number of hydrogen-bond donors (Lipinski definition) is 0. The maximum Gasteiger partial charge on any atom is 0.228 e. The number of rotatable bonds is 6. The fourth-order valence-electron chi connectivity index (χ4n) is 1.32. The molecule has 0 radical (unpaired) electrons. The topological polar surface area (TPSA) is 25.4 Å². The lowest BCUT2D eigenvalue weighted by molar-refractivity contribution is 0.217. The molecule has 0 spiro atoms. The van der Waals surface area contributed by atoms with Gasteiger partial charge < -0.3 is 9.64 Å². The van der Waals surface area contributed by atoms with Crippen molar-refractivity contribution in [3.8, 4) is 5.88 Å². The molecule has 16 heavy (non-hydrogen) atoms. The average Bonchev–Trinajstić information content (AvgIpc) is 2.27. The van der Waals surface area contributed by atoms with Crippen molar-refractivity contribution in [2.24, 2.45) is 0 Å². The van der Waals surface area contributed by atoms with Crippen molar-refractivity contribution >= 4 is 31.9 Å². The van der Waals surface area contributed by atoms with Gasteiger partial charge >= 0.3 is 0 Å². The zero-order valence-electron chi connectivity index (χ0n) is 9.54. The maximum atomic E-state index is 5.61. The van der Waals surface area contributed by atoms with Gasteiger partial charge in [-0.3, -0.25) is 0 Å². The molecule has 0 aliphatic carbocycles. The smallest absolute Gasteiger partial charge is 0.228 e. The minimum absolute atomic E-state index is 0.648. The van der Waals surface area contributed by atoms with Crippen LogP contribution in [0.3, 0.4) is 0 Å². The molecule has 1 aromatic heterocycles. The molecular weight excluding hydrogens is 336 g/mol. The lowest BCUT2D eigenvalue weighted by Crippen LogP contribution is -2.28. The molecule has 0 aromatic carbocycles. The third-order valence-corrected chi connectivity index (χ3v) is 3.32. The summed E-state index contributed by atoms with van der Waals surface area (Å²) in [5.41, 5.74) is 0. The summed E-state index contributed by atoms with van der Waals surface area (Å²) in [6.45, 7) is 7.99. The van der Waals surface area contributed by atoms with E-state index in [1.54, 1.807) is 6.20 Å². The van der Waals surface area contributed by atoms with Gasteiger partial charge in [-0.15, -0.1) is 0 Å². The number of nitrogens with zero attached hydrogens (tertiary/aromatic N) is 2. The Morgan fingerprint density at radius 3 is 2.56 bits per heavy atom. The van der Waals surface area contributed by atoms with Crippen LogP contribution in [-0.4, -0.2) is 36.1 Å². The number of aromatic nitrogens is 1. The van der Waals surface area contributed by atoms with Crippen LogP contribution >= 0.6 is 31.9 Å². The normalized spacial score (nSPS) is 10.8. The Bertz CT molecular complexity index is 330. The Morgan fingerprint density at radius 2 is 2.00 bits per heavy atom. The van der Waals surface area contributed by atoms with E-state index in [1.807, 2.05) is 6.07 Å². The van der Waals surface area contributed by atoms with Crippen LogP contribution in [0, 0.1) is 0 Å². The molecule has 0 amide bonds. The van der Waals surface area contributed by atoms with Crippen molar-refractivity contribution in [1.29, 1.82) is 0 Å². The molecule has 0 bridgehead atoms. The standard InChI is InChI=1S/C11H16Br2N2O/c1-3-15(4-2)5-6-16-11-10(13)7-9(12)8-14-11/h7-8H,3-6H2,1-2H3. The van der Waals surface area contributed by atoms with E-state index in [0.29, 0.717) is 12.5 Å². The van der Waals surface area contributed by atoms with Gasteiger partial charge in [0.15, 0.2) is 0 Å². The predicted molar refractivity (Wildman–Crippen MR) is 72.9 cm³/mol. The fraction of sp³-hybridized carbons (Fsp3) is 0.545. The molecule has 0 unspecified atom stereocenters. The van der Waals surface area contributed by atoms with Crippen molar-refractivity contribution in [2.75, 3.05) is 26.2 Å². The van der Waals surface area contributed by atoms with E-state index in [2.05, 4.69) is 55.6 Å². The van der Waals surface area contributed by atoms with E-state index in [0.717, 1.165) is 28.6 Å². The number of likely N-dealkylation sites (N-methyl/N-ethyl adjacent to an activating group) is 1. The quantitative estimate of drug-likeness (QED) is 0.786. The summed E-state index contributed by atoms with van der Waals surface area (Å²) in [5.74, 6) is 0.648. The van der Waals surface area contributed by atoms with Gasteiger partial charge in [0.25, 0.3) is 0 Å². The van der Waals surface area contributed by atoms with Crippen LogP contribution in [0.2, 0.25) is 0 Å². The van der Waals surface area contributed by atoms with Gasteiger partial charge in [-0.25, -0.2) is 4.98 Å². The van der Waals surface area contributed by atoms with Gasteiger partial charge in [0.05, 0.1) is 4.47 Å². The SMILES string of the molecule is CCN(CC)CCOc1ncc(Br)cc1Br. The van der Waals surface area contributed by atoms with E-state index in [-0.39, 0.29) is 0 Å². The first-order valence-electron chi connectivity index (χ1n) is 5.33. The fourth-order valence-corrected chi connectivity index (χ4v) is 2.42. The summed E-state index contributed by atoms with van der Waals surface area (Å²) in [6.07, 6.45) is 1.73. The molecule has 3 nitrogen and oxygen atoms in total. The van der Waals surface area contributed by atoms with Crippen LogP contribution in [0.25, 0.3) is 0 Å². The Balaban J connectivity index is 2.42. The summed E-state index contributed by atoms with van der Waals surface area (Å²) in [4.78, 5) is 6.50. The van der Waals surface area contributed by atoms with Crippen molar-refractivity contribution in [3.05, 3.63) is 21.2 Å². The second-order valence-corrected chi connectivity index (χ2v) is 5.09. The highest BCUT2D eigenvalue weighted by Crippen LogP contribution is 2.25. The molecule has 0 aliphatic rings. The second-order valence-electron chi connectivity index (χ2n) is 3.32. The minimum Gasteiger partial charge on any atom is -0.476 e. The molecule has 1 rings (SSSR count). The molecular formula is C11H16Br2N2O. The van der Waals surface area contributed by atoms with E-state index in [4.69, 9.17) is 4.74 Å². The Morgan fingerprint density at radius 1 is 1.31 bits per heavy atom. The van der Waals surface area contributed by atoms with Crippen LogP contribution in [0.5, 0.6) is 5.88 Å². The van der Waals surface area contributed by atoms with Gasteiger partial charge in [0.2, 0.25) is 5.88 Å². The van der Waals surface area contributed by atoms with E-state index >= 15 is 0 Å². The zero-order chi connectivity index (χ0) is 12.0. The van der Waals surface area contributed by atoms with Crippen molar-refractivity contribution in [2.45, 2.75) is 13.8 Å². The highest BCUT2D eigenvalue weighted by atomic mass is 79.9. The van der Waals surface area contributed by atoms with Crippen LogP contribution < -0.4 is 4.74 Å². The third-order valence-electron chi connectivity index (χ3n) is 2.31. The van der Waals surface area contributed by atoms with Gasteiger partial charge in [-0.2, -0.15) is 0 Å². The molecule has 0 fully saturated rings. The Kier molecular flexibility index (Phi) is 6.31. The summed E-state index contributed by atoms with van der Waals surface area (Å²) in [7, 11) is 0. The predicted octanol–water partition coefficient (Wildman–Crippen LogP) is 3.33. The van der Waals surface area contributed by atoms with Gasteiger partial charge in [-0.05, 0) is 51.0 Å². The second kappa shape index (κ2) is 7.25. The van der Waals surface area contributed by atoms with Crippen molar-refractivity contribution in [3.63, 3.8) is 0 Å². The molecule has 0 saturated heterocycles. The molecule has 90 valence electrons. The molecule has 1 heterocycles. The number of pyridine rings is 1. The van der Waals surface area contributed by atoms with Gasteiger partial charge in [-0.1, -0.05) is 13.8 Å². The summed E-state index contributed by atoms with van der Waals surface area (Å²) >= 11 is 6.77. The first-order valence-corrected chi connectivity index (χ1v) is 6.92. The van der Waals surface area contributed by atoms with Crippen molar-refractivity contribution in [1.82, 2.24) is 9.88 Å². The summed E-state index contributed by atoms with van der Waals surface area (Å²) in [6, 6.07) is 1.93. The minimum atomic E-state index is 0.648. The highest BCUT2D eigenvalue weighted by molar-refractivity contribution is 9.11. The Labute approximate surface area is 113 Å². The maximum absolute atomic E-state index is 5.61. The van der Waals surface area contributed by atoms with Gasteiger partial charge in [0.1, 0.15) is 6.61 Å². The zero-order valence-corrected chi connectivity index (χ0v) is 12.7. The molecule has 5 heteroatoms. The van der Waals surface area contributed by atoms with Gasteiger partial charge in [0, 0.05) is 17.2 Å². The van der Waals surface area contributed by atoms with Crippen LogP contribution in [0.15, 0.2) is 21.2 Å². The molecule has 0 aliphatic heterocycles. The van der Waals surface area contributed by atoms with E-state index in [1.165, 1.54) is 0 Å². The van der Waals surface area contributed by atoms with E-state index < -0.39 is 0 Å². The van der Waals surface area contributed by atoms with E-state index in [9.17, 15) is 0 Å². The lowest BCUT2D eigenvalue weighted by atomic mass is 10.5. The van der Waals surface area contributed by atoms with Crippen molar-refractivity contribution < 1.29 is 4.74 Å². The summed E-state index contributed by atoms with van der Waals surface area (Å²) < 4.78 is 7.42. The molecule has 0 saturated carbocycles. The number of halogens is 2. The molecule has 0 N–H and O–H groups in total. The van der Waals surface area contributed by atoms with Crippen LogP contribution in [0.4, 0.5) is 0 Å². The number of ether oxygens (including phenoxy) is 1. The average molecular weight is 352 g/mol. The Hall–Kier alpha value is -0.130. The van der Waals surface area contributed by atoms with Crippen LogP contribution in [-0.2, 0) is 0 Å². The molecule has 0 atom stereocenters. The number of hydrogen-bond acceptors (Lipinski definition) is 3. The largest absolute Gasteiger partial charge is 0.476 e.